The summed E-state index contributed by atoms with van der Waals surface area (Å²) < 4.78 is 21.3. The third kappa shape index (κ3) is 5.70. The lowest BCUT2D eigenvalue weighted by atomic mass is 9.98. The summed E-state index contributed by atoms with van der Waals surface area (Å²) in [6, 6.07) is 16.7. The number of hydrogen-bond acceptors (Lipinski definition) is 7. The molecule has 2 aromatic carbocycles. The highest BCUT2D eigenvalue weighted by molar-refractivity contribution is 9.10. The molecule has 2 amide bonds. The average molecular weight is 597 g/mol. The molecule has 2 aromatic heterocycles. The summed E-state index contributed by atoms with van der Waals surface area (Å²) >= 11 is 4.66. The van der Waals surface area contributed by atoms with E-state index in [0.29, 0.717) is 17.4 Å². The zero-order chi connectivity index (χ0) is 26.6. The molecule has 5 rings (SSSR count). The van der Waals surface area contributed by atoms with Crippen molar-refractivity contribution in [1.82, 2.24) is 25.1 Å². The number of carbonyl (C=O) groups is 2. The summed E-state index contributed by atoms with van der Waals surface area (Å²) in [4.78, 5) is 25.5. The van der Waals surface area contributed by atoms with Gasteiger partial charge in [0.05, 0.1) is 30.3 Å². The van der Waals surface area contributed by atoms with Crippen LogP contribution in [0.2, 0.25) is 0 Å². The van der Waals surface area contributed by atoms with E-state index in [9.17, 15) is 14.0 Å². The Hall–Kier alpha value is -3.77. The van der Waals surface area contributed by atoms with Gasteiger partial charge in [0.25, 0.3) is 11.8 Å². The van der Waals surface area contributed by atoms with Gasteiger partial charge in [-0.15, -0.1) is 10.2 Å². The van der Waals surface area contributed by atoms with Crippen molar-refractivity contribution < 1.29 is 18.4 Å². The van der Waals surface area contributed by atoms with Crippen molar-refractivity contribution in [3.63, 3.8) is 0 Å². The standard InChI is InChI=1S/C26H22BrFN6O3S/c1-33-23(14-29-25(36)22-3-2-12-37-22)30-31-26(33)38-15-24(35)34-21(17-6-10-19(28)11-7-17)13-20(32-34)16-4-8-18(27)9-5-16/h2-12,21H,13-15H2,1H3,(H,29,36)/t21-/m0/s1. The van der Waals surface area contributed by atoms with Crippen molar-refractivity contribution in [2.45, 2.75) is 24.2 Å². The Balaban J connectivity index is 1.28. The van der Waals surface area contributed by atoms with E-state index in [1.165, 1.54) is 35.2 Å². The van der Waals surface area contributed by atoms with E-state index in [-0.39, 0.29) is 41.7 Å². The van der Waals surface area contributed by atoms with Gasteiger partial charge in [-0.2, -0.15) is 5.10 Å². The third-order valence-corrected chi connectivity index (χ3v) is 7.53. The molecular weight excluding hydrogens is 575 g/mol. The number of thioether (sulfide) groups is 1. The van der Waals surface area contributed by atoms with Gasteiger partial charge in [-0.05, 0) is 47.5 Å². The minimum Gasteiger partial charge on any atom is -0.459 e. The third-order valence-electron chi connectivity index (χ3n) is 6.00. The fourth-order valence-corrected chi connectivity index (χ4v) is 5.02. The average Bonchev–Trinajstić information content (AvgIpc) is 3.68. The first kappa shape index (κ1) is 25.9. The Labute approximate surface area is 230 Å². The highest BCUT2D eigenvalue weighted by Gasteiger charge is 2.33. The molecule has 194 valence electrons. The van der Waals surface area contributed by atoms with Crippen LogP contribution in [0.1, 0.15) is 40.0 Å². The molecule has 0 bridgehead atoms. The number of nitrogens with one attached hydrogen (secondary N) is 1. The Kier molecular flexibility index (Phi) is 7.70. The zero-order valence-electron chi connectivity index (χ0n) is 20.2. The van der Waals surface area contributed by atoms with Crippen LogP contribution in [0.15, 0.2) is 86.1 Å². The molecule has 0 saturated heterocycles. The second-order valence-corrected chi connectivity index (χ2v) is 10.3. The van der Waals surface area contributed by atoms with E-state index < -0.39 is 0 Å². The molecule has 0 radical (unpaired) electrons. The van der Waals surface area contributed by atoms with Crippen LogP contribution >= 0.6 is 27.7 Å². The van der Waals surface area contributed by atoms with E-state index in [1.807, 2.05) is 24.3 Å². The van der Waals surface area contributed by atoms with Crippen molar-refractivity contribution in [3.8, 4) is 0 Å². The summed E-state index contributed by atoms with van der Waals surface area (Å²) in [5.74, 6) is -0.112. The van der Waals surface area contributed by atoms with E-state index >= 15 is 0 Å². The van der Waals surface area contributed by atoms with Gasteiger partial charge >= 0.3 is 0 Å². The molecule has 1 atom stereocenters. The van der Waals surface area contributed by atoms with Crippen molar-refractivity contribution in [3.05, 3.63) is 99.9 Å². The Bertz CT molecular complexity index is 1470. The number of furan rings is 1. The molecule has 0 saturated carbocycles. The minimum absolute atomic E-state index is 0.0690. The Morgan fingerprint density at radius 1 is 1.13 bits per heavy atom. The molecular formula is C26H22BrFN6O3S. The molecule has 1 N–H and O–H groups in total. The van der Waals surface area contributed by atoms with Gasteiger partial charge < -0.3 is 14.3 Å². The normalized spacial score (nSPS) is 15.0. The lowest BCUT2D eigenvalue weighted by molar-refractivity contribution is -0.130. The molecule has 0 unspecified atom stereocenters. The molecule has 4 aromatic rings. The quantitative estimate of drug-likeness (QED) is 0.295. The maximum Gasteiger partial charge on any atom is 0.287 e. The Morgan fingerprint density at radius 3 is 2.61 bits per heavy atom. The van der Waals surface area contributed by atoms with Crippen LogP contribution in [0, 0.1) is 5.82 Å². The number of hydrazone groups is 1. The monoisotopic (exact) mass is 596 g/mol. The number of carbonyl (C=O) groups excluding carboxylic acids is 2. The molecule has 38 heavy (non-hydrogen) atoms. The molecule has 9 nitrogen and oxygen atoms in total. The number of rotatable bonds is 8. The van der Waals surface area contributed by atoms with Gasteiger partial charge in [-0.1, -0.05) is 52.0 Å². The molecule has 0 fully saturated rings. The second-order valence-electron chi connectivity index (χ2n) is 8.47. The van der Waals surface area contributed by atoms with E-state index in [4.69, 9.17) is 4.42 Å². The van der Waals surface area contributed by atoms with Gasteiger partial charge in [0.1, 0.15) is 5.82 Å². The molecule has 0 spiro atoms. The fraction of sp³-hybridized carbons (Fsp3) is 0.192. The molecule has 0 aliphatic carbocycles. The van der Waals surface area contributed by atoms with E-state index in [1.54, 1.807) is 35.9 Å². The topological polar surface area (TPSA) is 106 Å². The number of hydrogen-bond donors (Lipinski definition) is 1. The second kappa shape index (κ2) is 11.3. The van der Waals surface area contributed by atoms with Crippen LogP contribution in [0.25, 0.3) is 0 Å². The van der Waals surface area contributed by atoms with Crippen molar-refractivity contribution in [2.75, 3.05) is 5.75 Å². The largest absolute Gasteiger partial charge is 0.459 e. The molecule has 1 aliphatic rings. The zero-order valence-corrected chi connectivity index (χ0v) is 22.6. The van der Waals surface area contributed by atoms with Crippen molar-refractivity contribution in [2.24, 2.45) is 12.1 Å². The summed E-state index contributed by atoms with van der Waals surface area (Å²) in [5.41, 5.74) is 2.49. The Morgan fingerprint density at radius 2 is 1.89 bits per heavy atom. The van der Waals surface area contributed by atoms with Crippen LogP contribution in [-0.2, 0) is 18.4 Å². The minimum atomic E-state index is -0.359. The van der Waals surface area contributed by atoms with Crippen LogP contribution in [0.4, 0.5) is 4.39 Å². The SMILES string of the molecule is Cn1c(CNC(=O)c2ccco2)nnc1SCC(=O)N1N=C(c2ccc(Br)cc2)C[C@H]1c1ccc(F)cc1. The number of nitrogens with zero attached hydrogens (tertiary/aromatic N) is 5. The van der Waals surface area contributed by atoms with Crippen molar-refractivity contribution >= 4 is 45.2 Å². The maximum atomic E-state index is 13.6. The summed E-state index contributed by atoms with van der Waals surface area (Å²) in [5, 5.41) is 17.7. The number of amides is 2. The first-order valence-electron chi connectivity index (χ1n) is 11.6. The molecule has 1 aliphatic heterocycles. The van der Waals surface area contributed by atoms with Crippen molar-refractivity contribution in [1.29, 1.82) is 0 Å². The summed E-state index contributed by atoms with van der Waals surface area (Å²) in [6.45, 7) is 0.150. The fourth-order valence-electron chi connectivity index (χ4n) is 3.97. The maximum absolute atomic E-state index is 13.6. The summed E-state index contributed by atoms with van der Waals surface area (Å²) in [6.07, 6.45) is 1.93. The molecule has 12 heteroatoms. The predicted molar refractivity (Wildman–Crippen MR) is 143 cm³/mol. The lowest BCUT2D eigenvalue weighted by Crippen LogP contribution is -2.28. The van der Waals surface area contributed by atoms with Crippen LogP contribution in [0.3, 0.4) is 0 Å². The van der Waals surface area contributed by atoms with Gasteiger partial charge in [0, 0.05) is 17.9 Å². The predicted octanol–water partition coefficient (Wildman–Crippen LogP) is 4.71. The highest BCUT2D eigenvalue weighted by Crippen LogP contribution is 2.34. The van der Waals surface area contributed by atoms with Gasteiger partial charge in [0.2, 0.25) is 0 Å². The van der Waals surface area contributed by atoms with Crippen LogP contribution in [0.5, 0.6) is 0 Å². The van der Waals surface area contributed by atoms with Gasteiger partial charge in [-0.3, -0.25) is 9.59 Å². The van der Waals surface area contributed by atoms with Gasteiger partial charge in [0.15, 0.2) is 16.7 Å². The summed E-state index contributed by atoms with van der Waals surface area (Å²) in [7, 11) is 1.77. The number of benzene rings is 2. The smallest absolute Gasteiger partial charge is 0.287 e. The van der Waals surface area contributed by atoms with Gasteiger partial charge in [-0.25, -0.2) is 9.40 Å². The number of halogens is 2. The van der Waals surface area contributed by atoms with Crippen LogP contribution < -0.4 is 5.32 Å². The molecule has 3 heterocycles. The first-order valence-corrected chi connectivity index (χ1v) is 13.4. The van der Waals surface area contributed by atoms with E-state index in [2.05, 4.69) is 36.5 Å². The number of aromatic nitrogens is 3. The lowest BCUT2D eigenvalue weighted by Gasteiger charge is -2.22. The van der Waals surface area contributed by atoms with E-state index in [0.717, 1.165) is 21.3 Å². The highest BCUT2D eigenvalue weighted by atomic mass is 79.9. The van der Waals surface area contributed by atoms with Crippen LogP contribution in [-0.4, -0.2) is 43.1 Å². The first-order chi connectivity index (χ1) is 18.4.